The molecule has 1 aliphatic carbocycles. The number of hydrogen-bond acceptors (Lipinski definition) is 2. The van der Waals surface area contributed by atoms with Crippen LogP contribution < -0.4 is 0 Å². The molecule has 2 nitrogen and oxygen atoms in total. The zero-order valence-corrected chi connectivity index (χ0v) is 10.3. The summed E-state index contributed by atoms with van der Waals surface area (Å²) in [6, 6.07) is 3.84. The minimum Gasteiger partial charge on any atom is -0.469 e. The van der Waals surface area contributed by atoms with E-state index in [9.17, 15) is 4.79 Å². The van der Waals surface area contributed by atoms with Gasteiger partial charge < -0.3 is 4.42 Å². The fraction of sp³-hybridized carbons (Fsp3) is 0.500. The Labute approximate surface area is 96.3 Å². The van der Waals surface area contributed by atoms with Crippen molar-refractivity contribution in [3.8, 4) is 0 Å². The van der Waals surface area contributed by atoms with Crippen molar-refractivity contribution >= 4 is 5.78 Å². The third-order valence-electron chi connectivity index (χ3n) is 3.25. The fourth-order valence-corrected chi connectivity index (χ4v) is 2.67. The normalized spacial score (nSPS) is 22.0. The molecule has 1 aromatic rings. The van der Waals surface area contributed by atoms with Crippen LogP contribution in [0.2, 0.25) is 0 Å². The molecule has 0 bridgehead atoms. The molecule has 1 heterocycles. The average Bonchev–Trinajstić information content (AvgIpc) is 2.73. The van der Waals surface area contributed by atoms with Gasteiger partial charge in [0.05, 0.1) is 6.26 Å². The zero-order valence-electron chi connectivity index (χ0n) is 10.3. The lowest BCUT2D eigenvalue weighted by atomic mass is 9.78. The lowest BCUT2D eigenvalue weighted by Crippen LogP contribution is -2.14. The first kappa shape index (κ1) is 11.2. The van der Waals surface area contributed by atoms with Gasteiger partial charge in [-0.2, -0.15) is 0 Å². The van der Waals surface area contributed by atoms with Crippen LogP contribution in [-0.2, 0) is 4.79 Å². The molecule has 1 aromatic heterocycles. The highest BCUT2D eigenvalue weighted by molar-refractivity contribution is 5.99. The molecule has 16 heavy (non-hydrogen) atoms. The highest BCUT2D eigenvalue weighted by atomic mass is 16.3. The van der Waals surface area contributed by atoms with Gasteiger partial charge in [0.2, 0.25) is 0 Å². The number of rotatable bonds is 1. The number of hydrogen-bond donors (Lipinski definition) is 0. The van der Waals surface area contributed by atoms with Crippen LogP contribution in [0.5, 0.6) is 0 Å². The van der Waals surface area contributed by atoms with Crippen LogP contribution in [0.1, 0.15) is 45.8 Å². The molecule has 0 saturated heterocycles. The number of allylic oxidation sites excluding steroid dienone is 2. The number of furan rings is 1. The van der Waals surface area contributed by atoms with E-state index in [-0.39, 0.29) is 17.1 Å². The summed E-state index contributed by atoms with van der Waals surface area (Å²) in [5.41, 5.74) is 2.18. The summed E-state index contributed by atoms with van der Waals surface area (Å²) in [5.74, 6) is 1.31. The third kappa shape index (κ3) is 1.73. The molecule has 0 spiro atoms. The molecule has 0 aliphatic heterocycles. The maximum atomic E-state index is 11.8. The summed E-state index contributed by atoms with van der Waals surface area (Å²) in [6.45, 7) is 8.40. The van der Waals surface area contributed by atoms with Crippen LogP contribution in [0.15, 0.2) is 34.0 Å². The molecule has 86 valence electrons. The summed E-state index contributed by atoms with van der Waals surface area (Å²) >= 11 is 0. The Morgan fingerprint density at radius 3 is 2.56 bits per heavy atom. The predicted octanol–water partition coefficient (Wildman–Crippen LogP) is 3.70. The van der Waals surface area contributed by atoms with E-state index in [1.54, 1.807) is 6.26 Å². The van der Waals surface area contributed by atoms with Crippen molar-refractivity contribution in [1.82, 2.24) is 0 Å². The Hall–Kier alpha value is -1.31. The molecule has 2 heteroatoms. The Morgan fingerprint density at radius 1 is 1.38 bits per heavy atom. The monoisotopic (exact) mass is 218 g/mol. The fourth-order valence-electron chi connectivity index (χ4n) is 2.67. The molecule has 0 radical (unpaired) electrons. The van der Waals surface area contributed by atoms with Crippen molar-refractivity contribution < 1.29 is 9.21 Å². The first-order valence-electron chi connectivity index (χ1n) is 5.69. The van der Waals surface area contributed by atoms with Crippen molar-refractivity contribution in [2.45, 2.75) is 40.0 Å². The van der Waals surface area contributed by atoms with E-state index >= 15 is 0 Å². The molecular formula is C14H18O2. The van der Waals surface area contributed by atoms with E-state index in [0.29, 0.717) is 6.42 Å². The summed E-state index contributed by atoms with van der Waals surface area (Å²) in [7, 11) is 0. The third-order valence-corrected chi connectivity index (χ3v) is 3.25. The van der Waals surface area contributed by atoms with Gasteiger partial charge in [-0.3, -0.25) is 4.79 Å². The van der Waals surface area contributed by atoms with Crippen LogP contribution in [0.25, 0.3) is 0 Å². The van der Waals surface area contributed by atoms with Gasteiger partial charge in [0.15, 0.2) is 5.78 Å². The molecule has 1 unspecified atom stereocenters. The van der Waals surface area contributed by atoms with Gasteiger partial charge in [-0.05, 0) is 35.6 Å². The molecule has 1 aliphatic rings. The lowest BCUT2D eigenvalue weighted by Gasteiger charge is -2.26. The molecule has 2 rings (SSSR count). The van der Waals surface area contributed by atoms with Crippen LogP contribution >= 0.6 is 0 Å². The SMILES string of the molecule is CC1=C(C(C)(C)C)C(c2ccco2)CC1=O. The van der Waals surface area contributed by atoms with Crippen LogP contribution in [0.3, 0.4) is 0 Å². The predicted molar refractivity (Wildman–Crippen MR) is 63.2 cm³/mol. The van der Waals surface area contributed by atoms with Gasteiger partial charge in [-0.15, -0.1) is 0 Å². The molecule has 0 aromatic carbocycles. The topological polar surface area (TPSA) is 30.2 Å². The Kier molecular flexibility index (Phi) is 2.53. The van der Waals surface area contributed by atoms with Crippen molar-refractivity contribution in [3.63, 3.8) is 0 Å². The minimum atomic E-state index is 0.0215. The van der Waals surface area contributed by atoms with E-state index in [4.69, 9.17) is 4.42 Å². The second-order valence-corrected chi connectivity index (χ2v) is 5.48. The highest BCUT2D eigenvalue weighted by Crippen LogP contribution is 2.46. The molecular weight excluding hydrogens is 200 g/mol. The molecule has 1 atom stereocenters. The smallest absolute Gasteiger partial charge is 0.159 e. The van der Waals surface area contributed by atoms with E-state index in [1.807, 2.05) is 19.1 Å². The standard InChI is InChI=1S/C14H18O2/c1-9-11(15)8-10(12-6-5-7-16-12)13(9)14(2,3)4/h5-7,10H,8H2,1-4H3. The van der Waals surface area contributed by atoms with Crippen LogP contribution in [0, 0.1) is 5.41 Å². The summed E-state index contributed by atoms with van der Waals surface area (Å²) in [6.07, 6.45) is 2.24. The molecule has 0 fully saturated rings. The van der Waals surface area contributed by atoms with Gasteiger partial charge in [-0.25, -0.2) is 0 Å². The Morgan fingerprint density at radius 2 is 2.06 bits per heavy atom. The van der Waals surface area contributed by atoms with Crippen molar-refractivity contribution in [1.29, 1.82) is 0 Å². The first-order chi connectivity index (χ1) is 7.41. The van der Waals surface area contributed by atoms with Crippen LogP contribution in [-0.4, -0.2) is 5.78 Å². The largest absolute Gasteiger partial charge is 0.469 e. The number of carbonyl (C=O) groups excluding carboxylic acids is 1. The summed E-state index contributed by atoms with van der Waals surface area (Å²) < 4.78 is 5.45. The maximum absolute atomic E-state index is 11.8. The second kappa shape index (κ2) is 3.62. The van der Waals surface area contributed by atoms with Crippen LogP contribution in [0.4, 0.5) is 0 Å². The molecule has 0 N–H and O–H groups in total. The molecule has 0 amide bonds. The summed E-state index contributed by atoms with van der Waals surface area (Å²) in [4.78, 5) is 11.8. The van der Waals surface area contributed by atoms with Crippen molar-refractivity contribution in [2.75, 3.05) is 0 Å². The highest BCUT2D eigenvalue weighted by Gasteiger charge is 2.38. The van der Waals surface area contributed by atoms with E-state index < -0.39 is 0 Å². The van der Waals surface area contributed by atoms with E-state index in [1.165, 1.54) is 5.57 Å². The zero-order chi connectivity index (χ0) is 11.9. The van der Waals surface area contributed by atoms with Gasteiger partial charge >= 0.3 is 0 Å². The maximum Gasteiger partial charge on any atom is 0.159 e. The first-order valence-corrected chi connectivity index (χ1v) is 5.69. The van der Waals surface area contributed by atoms with Gasteiger partial charge in [0.25, 0.3) is 0 Å². The van der Waals surface area contributed by atoms with Crippen molar-refractivity contribution in [2.24, 2.45) is 5.41 Å². The van der Waals surface area contributed by atoms with Gasteiger partial charge in [0, 0.05) is 12.3 Å². The number of ketones is 1. The van der Waals surface area contributed by atoms with Gasteiger partial charge in [0.1, 0.15) is 5.76 Å². The lowest BCUT2D eigenvalue weighted by molar-refractivity contribution is -0.115. The number of carbonyl (C=O) groups is 1. The van der Waals surface area contributed by atoms with E-state index in [0.717, 1.165) is 11.3 Å². The Bertz CT molecular complexity index is 430. The molecule has 0 saturated carbocycles. The average molecular weight is 218 g/mol. The minimum absolute atomic E-state index is 0.0215. The van der Waals surface area contributed by atoms with Gasteiger partial charge in [-0.1, -0.05) is 20.8 Å². The Balaban J connectivity index is 2.47. The number of Topliss-reactive ketones (excluding diaryl/α,β-unsaturated/α-hetero) is 1. The van der Waals surface area contributed by atoms with Crippen molar-refractivity contribution in [3.05, 3.63) is 35.3 Å². The quantitative estimate of drug-likeness (QED) is 0.719. The van der Waals surface area contributed by atoms with E-state index in [2.05, 4.69) is 20.8 Å². The second-order valence-electron chi connectivity index (χ2n) is 5.48. The summed E-state index contributed by atoms with van der Waals surface area (Å²) in [5, 5.41) is 0.